The molecule has 0 spiro atoms. The SMILES string of the molecule is C=CC(=O)N1C[C@H](C)N(c2nc(=O)n3c4c(c(-c5c(F)ccnc5N)c(Cl)cc24)OCC3CN2CCC2)C[C@H]1C. The summed E-state index contributed by atoms with van der Waals surface area (Å²) in [5.74, 6) is -0.0379. The molecule has 3 aliphatic rings. The summed E-state index contributed by atoms with van der Waals surface area (Å²) in [5.41, 5.74) is 6.49. The molecule has 1 aromatic carbocycles. The fraction of sp³-hybridized carbons (Fsp3) is 0.429. The number of nitrogens with zero attached hydrogens (tertiary/aromatic N) is 6. The predicted octanol–water partition coefficient (Wildman–Crippen LogP) is 3.08. The van der Waals surface area contributed by atoms with Crippen LogP contribution in [0.4, 0.5) is 16.0 Å². The van der Waals surface area contributed by atoms with Gasteiger partial charge in [-0.3, -0.25) is 9.36 Å². The summed E-state index contributed by atoms with van der Waals surface area (Å²) >= 11 is 6.86. The van der Waals surface area contributed by atoms with Crippen molar-refractivity contribution in [1.29, 1.82) is 0 Å². The molecule has 0 saturated carbocycles. The van der Waals surface area contributed by atoms with Gasteiger partial charge in [0.15, 0.2) is 5.75 Å². The summed E-state index contributed by atoms with van der Waals surface area (Å²) in [5, 5.41) is 0.818. The molecule has 3 atom stereocenters. The third-order valence-electron chi connectivity index (χ3n) is 8.19. The number of nitrogen functional groups attached to an aromatic ring is 1. The van der Waals surface area contributed by atoms with Gasteiger partial charge in [0.05, 0.1) is 27.7 Å². The number of pyridine rings is 1. The first-order chi connectivity index (χ1) is 19.2. The minimum atomic E-state index is -0.593. The lowest BCUT2D eigenvalue weighted by atomic mass is 9.99. The van der Waals surface area contributed by atoms with Gasteiger partial charge < -0.3 is 25.2 Å². The van der Waals surface area contributed by atoms with E-state index in [9.17, 15) is 9.59 Å². The van der Waals surface area contributed by atoms with Crippen LogP contribution in [0.3, 0.4) is 0 Å². The van der Waals surface area contributed by atoms with Crippen LogP contribution in [0.25, 0.3) is 22.0 Å². The van der Waals surface area contributed by atoms with Gasteiger partial charge in [-0.15, -0.1) is 0 Å². The molecule has 2 N–H and O–H groups in total. The molecule has 1 amide bonds. The van der Waals surface area contributed by atoms with Crippen LogP contribution in [0.15, 0.2) is 35.8 Å². The number of piperazine rings is 1. The van der Waals surface area contributed by atoms with Gasteiger partial charge in [0.25, 0.3) is 0 Å². The molecule has 0 aliphatic carbocycles. The predicted molar refractivity (Wildman–Crippen MR) is 152 cm³/mol. The maximum Gasteiger partial charge on any atom is 0.350 e. The van der Waals surface area contributed by atoms with Gasteiger partial charge in [0.2, 0.25) is 5.91 Å². The Morgan fingerprint density at radius 2 is 2.05 bits per heavy atom. The van der Waals surface area contributed by atoms with Crippen molar-refractivity contribution in [3.8, 4) is 16.9 Å². The van der Waals surface area contributed by atoms with Crippen LogP contribution in [-0.4, -0.2) is 81.7 Å². The van der Waals surface area contributed by atoms with E-state index in [0.29, 0.717) is 36.4 Å². The van der Waals surface area contributed by atoms with Crippen molar-refractivity contribution < 1.29 is 13.9 Å². The number of hydrogen-bond donors (Lipinski definition) is 1. The molecular formula is C28H31ClFN7O3. The van der Waals surface area contributed by atoms with Crippen LogP contribution in [0.5, 0.6) is 5.75 Å². The van der Waals surface area contributed by atoms with Crippen molar-refractivity contribution >= 4 is 40.0 Å². The number of halogens is 2. The lowest BCUT2D eigenvalue weighted by Gasteiger charge is -2.45. The van der Waals surface area contributed by atoms with Gasteiger partial charge in [0, 0.05) is 43.3 Å². The Labute approximate surface area is 235 Å². The number of carbonyl (C=O) groups excluding carboxylic acids is 1. The fourth-order valence-corrected chi connectivity index (χ4v) is 6.34. The Balaban J connectivity index is 1.58. The smallest absolute Gasteiger partial charge is 0.350 e. The second-order valence-corrected chi connectivity index (χ2v) is 11.2. The van der Waals surface area contributed by atoms with Crippen molar-refractivity contribution in [2.45, 2.75) is 38.4 Å². The number of aromatic nitrogens is 3. The summed E-state index contributed by atoms with van der Waals surface area (Å²) in [6, 6.07) is 2.33. The molecule has 210 valence electrons. The number of rotatable bonds is 5. The summed E-state index contributed by atoms with van der Waals surface area (Å²) in [7, 11) is 0. The first kappa shape index (κ1) is 26.5. The monoisotopic (exact) mass is 567 g/mol. The van der Waals surface area contributed by atoms with E-state index in [1.165, 1.54) is 18.3 Å². The van der Waals surface area contributed by atoms with Gasteiger partial charge in [-0.05, 0) is 51.6 Å². The Hall–Kier alpha value is -3.70. The Morgan fingerprint density at radius 1 is 1.27 bits per heavy atom. The number of hydrogen-bond acceptors (Lipinski definition) is 8. The van der Waals surface area contributed by atoms with E-state index in [0.717, 1.165) is 19.5 Å². The van der Waals surface area contributed by atoms with Crippen LogP contribution in [0, 0.1) is 5.82 Å². The van der Waals surface area contributed by atoms with Crippen molar-refractivity contribution in [2.75, 3.05) is 50.0 Å². The molecular weight excluding hydrogens is 537 g/mol. The molecule has 5 heterocycles. The molecule has 0 bridgehead atoms. The van der Waals surface area contributed by atoms with Crippen LogP contribution >= 0.6 is 11.6 Å². The quantitative estimate of drug-likeness (QED) is 0.469. The minimum absolute atomic E-state index is 0.0292. The van der Waals surface area contributed by atoms with Crippen molar-refractivity contribution in [3.63, 3.8) is 0 Å². The lowest BCUT2D eigenvalue weighted by Crippen LogP contribution is -2.58. The average molecular weight is 568 g/mol. The van der Waals surface area contributed by atoms with Crippen molar-refractivity contribution in [1.82, 2.24) is 24.3 Å². The molecule has 2 aromatic heterocycles. The Kier molecular flexibility index (Phi) is 6.66. The van der Waals surface area contributed by atoms with Gasteiger partial charge in [-0.25, -0.2) is 14.2 Å². The zero-order chi connectivity index (χ0) is 28.3. The normalized spacial score (nSPS) is 22.6. The van der Waals surface area contributed by atoms with Gasteiger partial charge in [-0.2, -0.15) is 4.98 Å². The maximum absolute atomic E-state index is 15.2. The number of carbonyl (C=O) groups is 1. The summed E-state index contributed by atoms with van der Waals surface area (Å²) in [6.07, 6.45) is 3.71. The number of anilines is 2. The van der Waals surface area contributed by atoms with Crippen LogP contribution in [0.1, 0.15) is 26.3 Å². The molecule has 3 aromatic rings. The van der Waals surface area contributed by atoms with E-state index in [1.54, 1.807) is 15.5 Å². The van der Waals surface area contributed by atoms with E-state index < -0.39 is 11.5 Å². The third kappa shape index (κ3) is 4.19. The standard InChI is InChI=1S/C28H31ClFN7O3/c1-4-21(38)35-11-16(3)36(12-15(35)2)27-18-10-19(29)22(23-20(30)6-7-32-26(23)31)25-24(18)37(28(39)33-27)17(14-40-25)13-34-8-5-9-34/h4,6-7,10,15-17H,1,5,8-9,11-14H2,2-3H3,(H2,31,32)/t15-,16+,17?/m1/s1. The van der Waals surface area contributed by atoms with E-state index >= 15 is 4.39 Å². The largest absolute Gasteiger partial charge is 0.488 e. The van der Waals surface area contributed by atoms with Crippen LogP contribution < -0.4 is 21.1 Å². The highest BCUT2D eigenvalue weighted by molar-refractivity contribution is 6.35. The first-order valence-corrected chi connectivity index (χ1v) is 13.8. The fourth-order valence-electron chi connectivity index (χ4n) is 6.06. The molecule has 12 heteroatoms. The summed E-state index contributed by atoms with van der Waals surface area (Å²) in [6.45, 7) is 11.2. The summed E-state index contributed by atoms with van der Waals surface area (Å²) in [4.78, 5) is 41.0. The van der Waals surface area contributed by atoms with E-state index in [-0.39, 0.29) is 58.4 Å². The second kappa shape index (κ2) is 10.0. The highest BCUT2D eigenvalue weighted by Crippen LogP contribution is 2.48. The zero-order valence-electron chi connectivity index (χ0n) is 22.4. The number of likely N-dealkylation sites (tertiary alicyclic amines) is 1. The van der Waals surface area contributed by atoms with E-state index in [2.05, 4.69) is 21.4 Å². The molecule has 2 fully saturated rings. The molecule has 1 unspecified atom stereocenters. The Morgan fingerprint density at radius 3 is 2.73 bits per heavy atom. The lowest BCUT2D eigenvalue weighted by molar-refractivity contribution is -0.128. The average Bonchev–Trinajstić information content (AvgIpc) is 2.90. The van der Waals surface area contributed by atoms with E-state index in [4.69, 9.17) is 22.1 Å². The van der Waals surface area contributed by atoms with Crippen molar-refractivity contribution in [2.24, 2.45) is 0 Å². The highest BCUT2D eigenvalue weighted by Gasteiger charge is 2.37. The highest BCUT2D eigenvalue weighted by atomic mass is 35.5. The number of amides is 1. The maximum atomic E-state index is 15.2. The third-order valence-corrected chi connectivity index (χ3v) is 8.49. The number of ether oxygens (including phenoxy) is 1. The van der Waals surface area contributed by atoms with Crippen LogP contribution in [0.2, 0.25) is 5.02 Å². The molecule has 10 nitrogen and oxygen atoms in total. The first-order valence-electron chi connectivity index (χ1n) is 13.4. The molecule has 40 heavy (non-hydrogen) atoms. The van der Waals surface area contributed by atoms with Gasteiger partial charge in [-0.1, -0.05) is 18.2 Å². The van der Waals surface area contributed by atoms with E-state index in [1.807, 2.05) is 18.7 Å². The van der Waals surface area contributed by atoms with Gasteiger partial charge >= 0.3 is 5.69 Å². The zero-order valence-corrected chi connectivity index (χ0v) is 23.2. The Bertz CT molecular complexity index is 1570. The topological polar surface area (TPSA) is 110 Å². The van der Waals surface area contributed by atoms with Gasteiger partial charge in [0.1, 0.15) is 24.1 Å². The second-order valence-electron chi connectivity index (χ2n) is 10.8. The molecule has 3 aliphatic heterocycles. The minimum Gasteiger partial charge on any atom is -0.488 e. The molecule has 6 rings (SSSR count). The molecule has 2 saturated heterocycles. The molecule has 0 radical (unpaired) electrons. The number of benzene rings is 1. The summed E-state index contributed by atoms with van der Waals surface area (Å²) < 4.78 is 23.1. The van der Waals surface area contributed by atoms with Crippen molar-refractivity contribution in [3.05, 3.63) is 52.3 Å². The van der Waals surface area contributed by atoms with Crippen LogP contribution in [-0.2, 0) is 4.79 Å². The number of nitrogens with two attached hydrogens (primary N) is 1.